The van der Waals surface area contributed by atoms with E-state index in [9.17, 15) is 0 Å². The van der Waals surface area contributed by atoms with Gasteiger partial charge in [-0.15, -0.1) is 0 Å². The third-order valence-electron chi connectivity index (χ3n) is 5.19. The zero-order valence-corrected chi connectivity index (χ0v) is 13.9. The van der Waals surface area contributed by atoms with E-state index in [0.717, 1.165) is 46.5 Å². The Hall–Kier alpha value is -2.89. The van der Waals surface area contributed by atoms with E-state index < -0.39 is 0 Å². The van der Waals surface area contributed by atoms with Crippen molar-refractivity contribution < 1.29 is 0 Å². The molecule has 25 heavy (non-hydrogen) atoms. The molecule has 1 fully saturated rings. The average Bonchev–Trinajstić information content (AvgIpc) is 3.26. The molecular formula is C19H20N6. The highest BCUT2D eigenvalue weighted by molar-refractivity contribution is 5.90. The minimum absolute atomic E-state index is 0.416. The molecule has 126 valence electrons. The highest BCUT2D eigenvalue weighted by Crippen LogP contribution is 2.33. The van der Waals surface area contributed by atoms with Crippen LogP contribution < -0.4 is 5.73 Å². The van der Waals surface area contributed by atoms with E-state index in [2.05, 4.69) is 33.2 Å². The number of hydrogen-bond acceptors (Lipinski definition) is 4. The van der Waals surface area contributed by atoms with Crippen LogP contribution in [0.4, 0.5) is 5.82 Å². The second-order valence-electron chi connectivity index (χ2n) is 6.85. The molecule has 0 unspecified atom stereocenters. The molecule has 1 saturated carbocycles. The Bertz CT molecular complexity index is 1020. The van der Waals surface area contributed by atoms with Gasteiger partial charge in [-0.05, 0) is 25.0 Å². The first kappa shape index (κ1) is 14.5. The average molecular weight is 332 g/mol. The van der Waals surface area contributed by atoms with Crippen molar-refractivity contribution in [3.63, 3.8) is 0 Å². The van der Waals surface area contributed by atoms with Crippen molar-refractivity contribution in [3.05, 3.63) is 42.5 Å². The van der Waals surface area contributed by atoms with Crippen LogP contribution in [0.2, 0.25) is 0 Å². The van der Waals surface area contributed by atoms with Crippen molar-refractivity contribution in [1.29, 1.82) is 0 Å². The van der Waals surface area contributed by atoms with Crippen LogP contribution in [0.5, 0.6) is 0 Å². The molecule has 3 N–H and O–H groups in total. The zero-order valence-electron chi connectivity index (χ0n) is 13.9. The molecule has 6 nitrogen and oxygen atoms in total. The zero-order chi connectivity index (χ0) is 16.8. The molecule has 0 radical (unpaired) electrons. The maximum absolute atomic E-state index is 6.31. The van der Waals surface area contributed by atoms with E-state index in [1.165, 1.54) is 19.3 Å². The molecular weight excluding hydrogens is 312 g/mol. The number of H-pyrrole nitrogens is 1. The Morgan fingerprint density at radius 1 is 1.12 bits per heavy atom. The third kappa shape index (κ3) is 2.36. The molecule has 0 amide bonds. The van der Waals surface area contributed by atoms with Crippen molar-refractivity contribution in [2.24, 2.45) is 0 Å². The van der Waals surface area contributed by atoms with E-state index >= 15 is 0 Å². The van der Waals surface area contributed by atoms with Crippen LogP contribution >= 0.6 is 0 Å². The highest BCUT2D eigenvalue weighted by atomic mass is 15.3. The van der Waals surface area contributed by atoms with Crippen LogP contribution in [-0.2, 0) is 0 Å². The lowest BCUT2D eigenvalue weighted by molar-refractivity contribution is 0.424. The molecule has 5 rings (SSSR count). The van der Waals surface area contributed by atoms with Gasteiger partial charge in [-0.3, -0.25) is 0 Å². The fraction of sp³-hybridized carbons (Fsp3) is 0.316. The molecule has 1 aromatic carbocycles. The summed E-state index contributed by atoms with van der Waals surface area (Å²) in [5.41, 5.74) is 9.89. The first-order valence-electron chi connectivity index (χ1n) is 8.88. The lowest BCUT2D eigenvalue weighted by atomic mass is 9.89. The summed E-state index contributed by atoms with van der Waals surface area (Å²) in [4.78, 5) is 12.6. The number of nitrogens with one attached hydrogen (secondary N) is 1. The maximum Gasteiger partial charge on any atom is 0.154 e. The number of rotatable bonds is 2. The molecule has 6 heteroatoms. The van der Waals surface area contributed by atoms with Gasteiger partial charge in [-0.1, -0.05) is 37.5 Å². The summed E-state index contributed by atoms with van der Waals surface area (Å²) in [6.07, 6.45) is 7.83. The predicted molar refractivity (Wildman–Crippen MR) is 98.3 cm³/mol. The summed E-state index contributed by atoms with van der Waals surface area (Å²) < 4.78 is 1.78. The van der Waals surface area contributed by atoms with Gasteiger partial charge in [-0.25, -0.2) is 14.5 Å². The van der Waals surface area contributed by atoms with Gasteiger partial charge in [-0.2, -0.15) is 5.10 Å². The summed E-state index contributed by atoms with van der Waals surface area (Å²) in [5.74, 6) is 1.77. The second kappa shape index (κ2) is 5.58. The van der Waals surface area contributed by atoms with Crippen molar-refractivity contribution >= 4 is 22.2 Å². The largest absolute Gasteiger partial charge is 0.382 e. The number of nitrogens with zero attached hydrogens (tertiary/aromatic N) is 4. The first-order chi connectivity index (χ1) is 12.3. The van der Waals surface area contributed by atoms with E-state index in [1.807, 2.05) is 12.1 Å². The van der Waals surface area contributed by atoms with Gasteiger partial charge < -0.3 is 10.7 Å². The van der Waals surface area contributed by atoms with Gasteiger partial charge in [0.1, 0.15) is 17.5 Å². The molecule has 0 aliphatic heterocycles. The van der Waals surface area contributed by atoms with E-state index in [0.29, 0.717) is 11.7 Å². The number of aromatic nitrogens is 5. The Kier molecular flexibility index (Phi) is 3.23. The van der Waals surface area contributed by atoms with Gasteiger partial charge >= 0.3 is 0 Å². The number of nitrogens with two attached hydrogens (primary N) is 1. The molecule has 0 bridgehead atoms. The SMILES string of the molecule is Nc1nc(C2CCCCC2)nn2cnc(-c3cc4ccccc4[nH]3)c12. The Morgan fingerprint density at radius 3 is 2.80 bits per heavy atom. The lowest BCUT2D eigenvalue weighted by Gasteiger charge is -2.20. The van der Waals surface area contributed by atoms with Crippen LogP contribution in [0.25, 0.3) is 27.8 Å². The Balaban J connectivity index is 1.62. The number of fused-ring (bicyclic) bond motifs is 2. The maximum atomic E-state index is 6.31. The number of para-hydroxylation sites is 1. The topological polar surface area (TPSA) is 84.9 Å². The lowest BCUT2D eigenvalue weighted by Crippen LogP contribution is -2.13. The number of benzene rings is 1. The number of nitrogen functional groups attached to an aromatic ring is 1. The van der Waals surface area contributed by atoms with Crippen molar-refractivity contribution in [2.75, 3.05) is 5.73 Å². The summed E-state index contributed by atoms with van der Waals surface area (Å²) in [6, 6.07) is 10.3. The fourth-order valence-electron chi connectivity index (χ4n) is 3.90. The molecule has 0 saturated heterocycles. The van der Waals surface area contributed by atoms with Crippen LogP contribution in [0, 0.1) is 0 Å². The minimum Gasteiger partial charge on any atom is -0.382 e. The number of hydrogen-bond donors (Lipinski definition) is 2. The summed E-state index contributed by atoms with van der Waals surface area (Å²) in [7, 11) is 0. The van der Waals surface area contributed by atoms with Crippen LogP contribution in [0.15, 0.2) is 36.7 Å². The van der Waals surface area contributed by atoms with E-state index in [4.69, 9.17) is 10.8 Å². The van der Waals surface area contributed by atoms with Gasteiger partial charge in [0.15, 0.2) is 11.6 Å². The van der Waals surface area contributed by atoms with Crippen LogP contribution in [0.3, 0.4) is 0 Å². The monoisotopic (exact) mass is 332 g/mol. The minimum atomic E-state index is 0.416. The standard InChI is InChI=1S/C19H20N6/c20-18-17-16(15-10-13-8-4-5-9-14(13)22-15)21-11-25(17)24-19(23-18)12-6-2-1-3-7-12/h4-5,8-12,22H,1-3,6-7H2,(H2,20,23,24). The highest BCUT2D eigenvalue weighted by Gasteiger charge is 2.21. The third-order valence-corrected chi connectivity index (χ3v) is 5.19. The van der Waals surface area contributed by atoms with Gasteiger partial charge in [0.2, 0.25) is 0 Å². The normalized spacial score (nSPS) is 16.0. The Morgan fingerprint density at radius 2 is 1.96 bits per heavy atom. The molecule has 1 aliphatic rings. The molecule has 0 atom stereocenters. The smallest absolute Gasteiger partial charge is 0.154 e. The molecule has 1 aliphatic carbocycles. The first-order valence-corrected chi connectivity index (χ1v) is 8.88. The van der Waals surface area contributed by atoms with E-state index in [1.54, 1.807) is 10.8 Å². The molecule has 3 aromatic heterocycles. The summed E-state index contributed by atoms with van der Waals surface area (Å²) in [5, 5.41) is 5.86. The quantitative estimate of drug-likeness (QED) is 0.583. The number of imidazole rings is 1. The summed E-state index contributed by atoms with van der Waals surface area (Å²) in [6.45, 7) is 0. The number of aromatic amines is 1. The molecule has 3 heterocycles. The molecule has 0 spiro atoms. The second-order valence-corrected chi connectivity index (χ2v) is 6.85. The Labute approximate surface area is 145 Å². The number of anilines is 1. The van der Waals surface area contributed by atoms with Gasteiger partial charge in [0.25, 0.3) is 0 Å². The van der Waals surface area contributed by atoms with Crippen molar-refractivity contribution in [1.82, 2.24) is 24.6 Å². The predicted octanol–water partition coefficient (Wildman–Crippen LogP) is 3.90. The van der Waals surface area contributed by atoms with Crippen LogP contribution in [0.1, 0.15) is 43.8 Å². The summed E-state index contributed by atoms with van der Waals surface area (Å²) >= 11 is 0. The van der Waals surface area contributed by atoms with Crippen molar-refractivity contribution in [2.45, 2.75) is 38.0 Å². The van der Waals surface area contributed by atoms with Gasteiger partial charge in [0.05, 0.1) is 5.69 Å². The van der Waals surface area contributed by atoms with Gasteiger partial charge in [0, 0.05) is 16.8 Å². The van der Waals surface area contributed by atoms with Crippen molar-refractivity contribution in [3.8, 4) is 11.4 Å². The van der Waals surface area contributed by atoms with E-state index in [-0.39, 0.29) is 0 Å². The fourth-order valence-corrected chi connectivity index (χ4v) is 3.90. The van der Waals surface area contributed by atoms with Crippen LogP contribution in [-0.4, -0.2) is 24.6 Å². The molecule has 4 aromatic rings.